The van der Waals surface area contributed by atoms with Crippen LogP contribution in [0.1, 0.15) is 99.1 Å². The van der Waals surface area contributed by atoms with Crippen molar-refractivity contribution in [1.82, 2.24) is 20.0 Å². The molecule has 0 aliphatic heterocycles. The van der Waals surface area contributed by atoms with Crippen LogP contribution in [0.15, 0.2) is 48.5 Å². The number of fused-ring (bicyclic) bond motifs is 3. The topological polar surface area (TPSA) is 126 Å². The number of nitrogens with zero attached hydrogens (tertiary/aromatic N) is 3. The fraction of sp³-hybridized carbons (Fsp3) is 0.595. The van der Waals surface area contributed by atoms with Crippen molar-refractivity contribution >= 4 is 29.8 Å². The van der Waals surface area contributed by atoms with Crippen LogP contribution in [-0.2, 0) is 28.7 Å². The van der Waals surface area contributed by atoms with Gasteiger partial charge in [0, 0.05) is 27.1 Å². The first kappa shape index (κ1) is 43.0. The number of likely N-dealkylation sites (N-methyl/N-ethyl adjacent to an activating group) is 3. The van der Waals surface area contributed by atoms with Gasteiger partial charge in [-0.1, -0.05) is 90.1 Å². The van der Waals surface area contributed by atoms with Gasteiger partial charge in [-0.05, 0) is 80.5 Å². The van der Waals surface area contributed by atoms with E-state index in [1.807, 2.05) is 77.9 Å². The average molecular weight is 735 g/mol. The monoisotopic (exact) mass is 734 g/mol. The van der Waals surface area contributed by atoms with Crippen LogP contribution in [0.2, 0.25) is 0 Å². The van der Waals surface area contributed by atoms with E-state index in [4.69, 9.17) is 9.47 Å². The molecule has 4 amide bonds. The van der Waals surface area contributed by atoms with E-state index in [-0.39, 0.29) is 36.2 Å². The minimum Gasteiger partial charge on any atom is -0.458 e. The predicted octanol–water partition coefficient (Wildman–Crippen LogP) is 6.48. The molecule has 0 spiro atoms. The lowest BCUT2D eigenvalue weighted by molar-refractivity contribution is -0.167. The third-order valence-corrected chi connectivity index (χ3v) is 9.68. The second-order valence-electron chi connectivity index (χ2n) is 16.6. The molecule has 11 nitrogen and oxygen atoms in total. The predicted molar refractivity (Wildman–Crippen MR) is 207 cm³/mol. The summed E-state index contributed by atoms with van der Waals surface area (Å²) < 4.78 is 11.3. The van der Waals surface area contributed by atoms with Crippen LogP contribution in [0.3, 0.4) is 0 Å². The van der Waals surface area contributed by atoms with Crippen LogP contribution in [0.4, 0.5) is 4.79 Å². The maximum atomic E-state index is 14.4. The zero-order valence-electron chi connectivity index (χ0n) is 34.1. The largest absolute Gasteiger partial charge is 0.458 e. The molecule has 0 saturated carbocycles. The first-order valence-corrected chi connectivity index (χ1v) is 18.8. The third kappa shape index (κ3) is 10.8. The van der Waals surface area contributed by atoms with Crippen molar-refractivity contribution in [2.75, 3.05) is 27.7 Å². The molecule has 1 N–H and O–H groups in total. The SMILES string of the molecule is CC(C)C[C@@H](C(=O)N(C)[C@@H](CC(C)C)C(=O)N(C)[C@H](C(=O)OC(C)(C)C)C(C)C)N(C)C(=O)[C@@H](C)NC(=O)OCC1c2ccccc2-c2ccccc21. The van der Waals surface area contributed by atoms with Gasteiger partial charge in [0.2, 0.25) is 17.7 Å². The van der Waals surface area contributed by atoms with Crippen molar-refractivity contribution in [2.24, 2.45) is 17.8 Å². The number of esters is 1. The maximum Gasteiger partial charge on any atom is 0.407 e. The van der Waals surface area contributed by atoms with Gasteiger partial charge in [0.05, 0.1) is 0 Å². The molecule has 0 heterocycles. The number of benzene rings is 2. The van der Waals surface area contributed by atoms with Crippen LogP contribution in [0.5, 0.6) is 0 Å². The van der Waals surface area contributed by atoms with Gasteiger partial charge in [0.25, 0.3) is 0 Å². The van der Waals surface area contributed by atoms with Crippen molar-refractivity contribution in [2.45, 2.75) is 118 Å². The summed E-state index contributed by atoms with van der Waals surface area (Å²) >= 11 is 0. The summed E-state index contributed by atoms with van der Waals surface area (Å²) in [4.78, 5) is 72.8. The molecule has 53 heavy (non-hydrogen) atoms. The van der Waals surface area contributed by atoms with E-state index in [9.17, 15) is 24.0 Å². The maximum absolute atomic E-state index is 14.4. The smallest absolute Gasteiger partial charge is 0.407 e. The van der Waals surface area contributed by atoms with E-state index >= 15 is 0 Å². The molecule has 2 aromatic rings. The Morgan fingerprint density at radius 3 is 1.55 bits per heavy atom. The van der Waals surface area contributed by atoms with Gasteiger partial charge < -0.3 is 29.5 Å². The van der Waals surface area contributed by atoms with Gasteiger partial charge in [0.1, 0.15) is 36.4 Å². The summed E-state index contributed by atoms with van der Waals surface area (Å²) in [6, 6.07) is 12.4. The van der Waals surface area contributed by atoms with Crippen LogP contribution in [-0.4, -0.2) is 102 Å². The second kappa shape index (κ2) is 18.1. The number of hydrogen-bond acceptors (Lipinski definition) is 7. The number of alkyl carbamates (subject to hydrolysis) is 1. The fourth-order valence-corrected chi connectivity index (χ4v) is 7.08. The van der Waals surface area contributed by atoms with Crippen LogP contribution < -0.4 is 5.32 Å². The number of amides is 4. The standard InChI is InChI=1S/C42H62N4O7/c1-25(2)22-34(38(48)45(12)35(23-26(3)4)39(49)46(13)36(27(5)6)40(50)53-42(8,9)10)44(11)37(47)28(7)43-41(51)52-24-33-31-20-16-14-18-29(31)30-19-15-17-21-32(30)33/h14-21,25-28,33-36H,22-24H2,1-13H3,(H,43,51)/t28-,34+,35+,36+/m1/s1. The first-order chi connectivity index (χ1) is 24.7. The Hall–Kier alpha value is -4.41. The van der Waals surface area contributed by atoms with Gasteiger partial charge >= 0.3 is 12.1 Å². The van der Waals surface area contributed by atoms with Gasteiger partial charge in [-0.2, -0.15) is 0 Å². The summed E-state index contributed by atoms with van der Waals surface area (Å²) in [5.74, 6) is -2.10. The lowest BCUT2D eigenvalue weighted by Crippen LogP contribution is -2.59. The molecule has 2 aromatic carbocycles. The van der Waals surface area contributed by atoms with Crippen molar-refractivity contribution in [3.05, 3.63) is 59.7 Å². The second-order valence-corrected chi connectivity index (χ2v) is 16.6. The molecular formula is C42H62N4O7. The van der Waals surface area contributed by atoms with Gasteiger partial charge in [-0.15, -0.1) is 0 Å². The van der Waals surface area contributed by atoms with E-state index < -0.39 is 53.6 Å². The van der Waals surface area contributed by atoms with Crippen LogP contribution in [0, 0.1) is 17.8 Å². The average Bonchev–Trinajstić information content (AvgIpc) is 3.39. The minimum atomic E-state index is -0.997. The van der Waals surface area contributed by atoms with Crippen molar-refractivity contribution in [1.29, 1.82) is 0 Å². The van der Waals surface area contributed by atoms with Gasteiger partial charge in [0.15, 0.2) is 0 Å². The van der Waals surface area contributed by atoms with Gasteiger partial charge in [-0.3, -0.25) is 14.4 Å². The Bertz CT molecular complexity index is 1570. The molecule has 0 bridgehead atoms. The molecule has 1 aliphatic carbocycles. The van der Waals surface area contributed by atoms with E-state index in [1.165, 1.54) is 14.7 Å². The van der Waals surface area contributed by atoms with Crippen molar-refractivity contribution in [3.63, 3.8) is 0 Å². The summed E-state index contributed by atoms with van der Waals surface area (Å²) in [7, 11) is 4.68. The van der Waals surface area contributed by atoms with Crippen LogP contribution >= 0.6 is 0 Å². The zero-order valence-corrected chi connectivity index (χ0v) is 34.1. The number of rotatable bonds is 15. The highest BCUT2D eigenvalue weighted by Gasteiger charge is 2.41. The Balaban J connectivity index is 1.76. The molecule has 0 unspecified atom stereocenters. The third-order valence-electron chi connectivity index (χ3n) is 9.68. The number of nitrogens with one attached hydrogen (secondary N) is 1. The summed E-state index contributed by atoms with van der Waals surface area (Å²) in [6.45, 7) is 18.5. The Labute approximate surface area is 316 Å². The molecule has 292 valence electrons. The molecular weight excluding hydrogens is 672 g/mol. The zero-order chi connectivity index (χ0) is 39.9. The van der Waals surface area contributed by atoms with E-state index in [0.29, 0.717) is 12.8 Å². The molecule has 0 aromatic heterocycles. The highest BCUT2D eigenvalue weighted by atomic mass is 16.6. The Kier molecular flexibility index (Phi) is 14.7. The first-order valence-electron chi connectivity index (χ1n) is 18.8. The number of carbonyl (C=O) groups is 5. The summed E-state index contributed by atoms with van der Waals surface area (Å²) in [6.07, 6.45) is -0.0648. The lowest BCUT2D eigenvalue weighted by Gasteiger charge is -2.39. The minimum absolute atomic E-state index is 0.0254. The summed E-state index contributed by atoms with van der Waals surface area (Å²) in [5.41, 5.74) is 3.64. The molecule has 1 aliphatic rings. The fourth-order valence-electron chi connectivity index (χ4n) is 7.08. The highest BCUT2D eigenvalue weighted by Crippen LogP contribution is 2.44. The van der Waals surface area contributed by atoms with E-state index in [0.717, 1.165) is 22.3 Å². The number of hydrogen-bond donors (Lipinski definition) is 1. The quantitative estimate of drug-likeness (QED) is 0.208. The summed E-state index contributed by atoms with van der Waals surface area (Å²) in [5, 5.41) is 2.66. The van der Waals surface area contributed by atoms with E-state index in [2.05, 4.69) is 17.4 Å². The Morgan fingerprint density at radius 1 is 0.679 bits per heavy atom. The number of carbonyl (C=O) groups excluding carboxylic acids is 5. The van der Waals surface area contributed by atoms with Crippen molar-refractivity contribution in [3.8, 4) is 11.1 Å². The molecule has 3 rings (SSSR count). The van der Waals surface area contributed by atoms with E-state index in [1.54, 1.807) is 48.8 Å². The highest BCUT2D eigenvalue weighted by molar-refractivity contribution is 5.94. The lowest BCUT2D eigenvalue weighted by atomic mass is 9.96. The number of ether oxygens (including phenoxy) is 2. The van der Waals surface area contributed by atoms with Crippen LogP contribution in [0.25, 0.3) is 11.1 Å². The molecule has 0 saturated heterocycles. The molecule has 4 atom stereocenters. The molecule has 0 radical (unpaired) electrons. The molecule has 0 fully saturated rings. The normalized spacial score (nSPS) is 14.9. The molecule has 11 heteroatoms. The van der Waals surface area contributed by atoms with Gasteiger partial charge in [-0.25, -0.2) is 9.59 Å². The van der Waals surface area contributed by atoms with Crippen molar-refractivity contribution < 1.29 is 33.4 Å². The Morgan fingerprint density at radius 2 is 1.11 bits per heavy atom.